The summed E-state index contributed by atoms with van der Waals surface area (Å²) in [6, 6.07) is 17.2. The van der Waals surface area contributed by atoms with Gasteiger partial charge in [0.1, 0.15) is 24.7 Å². The van der Waals surface area contributed by atoms with Crippen LogP contribution in [0.2, 0.25) is 0 Å². The van der Waals surface area contributed by atoms with Crippen LogP contribution in [-0.2, 0) is 4.79 Å². The minimum Gasteiger partial charge on any atom is -0.490 e. The Hall–Kier alpha value is -2.53. The van der Waals surface area contributed by atoms with Crippen molar-refractivity contribution < 1.29 is 14.3 Å². The van der Waals surface area contributed by atoms with Crippen LogP contribution in [0.25, 0.3) is 0 Å². The molecule has 1 aliphatic heterocycles. The molecule has 0 unspecified atom stereocenters. The van der Waals surface area contributed by atoms with Crippen LogP contribution in [-0.4, -0.2) is 32.2 Å². The summed E-state index contributed by atoms with van der Waals surface area (Å²) in [6.07, 6.45) is 1.75. The molecule has 1 amide bonds. The zero-order valence-corrected chi connectivity index (χ0v) is 14.2. The number of rotatable bonds is 7. The molecule has 0 spiro atoms. The predicted molar refractivity (Wildman–Crippen MR) is 98.1 cm³/mol. The highest BCUT2D eigenvalue weighted by atomic mass is 16.5. The Kier molecular flexibility index (Phi) is 6.29. The van der Waals surface area contributed by atoms with Gasteiger partial charge in [0, 0.05) is 5.92 Å². The number of anilines is 1. The van der Waals surface area contributed by atoms with Gasteiger partial charge in [-0.25, -0.2) is 0 Å². The van der Waals surface area contributed by atoms with E-state index in [9.17, 15) is 4.79 Å². The van der Waals surface area contributed by atoms with E-state index in [0.717, 1.165) is 31.7 Å². The SMILES string of the molecule is O=C(Nc1ccccc1OCCOc1ccccc1)C1CCNCC1. The van der Waals surface area contributed by atoms with E-state index in [1.54, 1.807) is 0 Å². The second kappa shape index (κ2) is 9.08. The van der Waals surface area contributed by atoms with Gasteiger partial charge in [-0.15, -0.1) is 0 Å². The average Bonchev–Trinajstić information content (AvgIpc) is 2.68. The average molecular weight is 340 g/mol. The molecule has 0 radical (unpaired) electrons. The number of amides is 1. The number of carbonyl (C=O) groups excluding carboxylic acids is 1. The number of para-hydroxylation sites is 3. The Bertz CT molecular complexity index is 670. The van der Waals surface area contributed by atoms with Gasteiger partial charge in [0.15, 0.2) is 0 Å². The van der Waals surface area contributed by atoms with Crippen LogP contribution in [0.4, 0.5) is 5.69 Å². The summed E-state index contributed by atoms with van der Waals surface area (Å²) in [5, 5.41) is 6.28. The van der Waals surface area contributed by atoms with Crippen LogP contribution in [0.15, 0.2) is 54.6 Å². The molecule has 2 aromatic carbocycles. The first-order valence-corrected chi connectivity index (χ1v) is 8.74. The number of hydrogen-bond donors (Lipinski definition) is 2. The lowest BCUT2D eigenvalue weighted by atomic mass is 9.97. The highest BCUT2D eigenvalue weighted by Gasteiger charge is 2.21. The molecule has 1 aliphatic rings. The molecular formula is C20H24N2O3. The second-order valence-corrected chi connectivity index (χ2v) is 6.02. The van der Waals surface area contributed by atoms with Crippen molar-refractivity contribution >= 4 is 11.6 Å². The van der Waals surface area contributed by atoms with E-state index in [1.807, 2.05) is 54.6 Å². The van der Waals surface area contributed by atoms with Crippen LogP contribution in [0.3, 0.4) is 0 Å². The molecule has 132 valence electrons. The maximum atomic E-state index is 12.4. The van der Waals surface area contributed by atoms with Crippen LogP contribution in [0, 0.1) is 5.92 Å². The predicted octanol–water partition coefficient (Wildman–Crippen LogP) is 3.08. The van der Waals surface area contributed by atoms with Crippen molar-refractivity contribution in [2.75, 3.05) is 31.6 Å². The molecule has 1 heterocycles. The summed E-state index contributed by atoms with van der Waals surface area (Å²) >= 11 is 0. The normalized spacial score (nSPS) is 14.7. The van der Waals surface area contributed by atoms with Crippen molar-refractivity contribution in [1.29, 1.82) is 0 Å². The van der Waals surface area contributed by atoms with Crippen molar-refractivity contribution in [3.8, 4) is 11.5 Å². The fourth-order valence-electron chi connectivity index (χ4n) is 2.84. The number of piperidine rings is 1. The number of carbonyl (C=O) groups is 1. The summed E-state index contributed by atoms with van der Waals surface area (Å²) in [4.78, 5) is 12.4. The lowest BCUT2D eigenvalue weighted by Gasteiger charge is -2.22. The largest absolute Gasteiger partial charge is 0.490 e. The van der Waals surface area contributed by atoms with Crippen molar-refractivity contribution in [3.05, 3.63) is 54.6 Å². The third-order valence-corrected chi connectivity index (χ3v) is 4.21. The number of benzene rings is 2. The van der Waals surface area contributed by atoms with Gasteiger partial charge in [0.2, 0.25) is 5.91 Å². The van der Waals surface area contributed by atoms with E-state index in [-0.39, 0.29) is 11.8 Å². The van der Waals surface area contributed by atoms with Gasteiger partial charge >= 0.3 is 0 Å². The molecule has 0 atom stereocenters. The highest BCUT2D eigenvalue weighted by Crippen LogP contribution is 2.25. The first kappa shape index (κ1) is 17.3. The van der Waals surface area contributed by atoms with Crippen LogP contribution >= 0.6 is 0 Å². The van der Waals surface area contributed by atoms with E-state index in [0.29, 0.717) is 24.7 Å². The zero-order chi connectivity index (χ0) is 17.3. The van der Waals surface area contributed by atoms with Crippen molar-refractivity contribution in [2.24, 2.45) is 5.92 Å². The van der Waals surface area contributed by atoms with E-state index in [2.05, 4.69) is 10.6 Å². The molecule has 5 heteroatoms. The maximum Gasteiger partial charge on any atom is 0.227 e. The molecule has 0 aromatic heterocycles. The van der Waals surface area contributed by atoms with Gasteiger partial charge in [-0.3, -0.25) is 4.79 Å². The fourth-order valence-corrected chi connectivity index (χ4v) is 2.84. The lowest BCUT2D eigenvalue weighted by Crippen LogP contribution is -2.34. The van der Waals surface area contributed by atoms with Gasteiger partial charge in [-0.1, -0.05) is 30.3 Å². The molecule has 0 bridgehead atoms. The smallest absolute Gasteiger partial charge is 0.227 e. The minimum absolute atomic E-state index is 0.0655. The summed E-state index contributed by atoms with van der Waals surface area (Å²) in [7, 11) is 0. The lowest BCUT2D eigenvalue weighted by molar-refractivity contribution is -0.120. The number of hydrogen-bond acceptors (Lipinski definition) is 4. The molecular weight excluding hydrogens is 316 g/mol. The van der Waals surface area contributed by atoms with Gasteiger partial charge in [0.25, 0.3) is 0 Å². The molecule has 1 fully saturated rings. The molecule has 5 nitrogen and oxygen atoms in total. The minimum atomic E-state index is 0.0655. The quantitative estimate of drug-likeness (QED) is 0.761. The van der Waals surface area contributed by atoms with Crippen molar-refractivity contribution in [3.63, 3.8) is 0 Å². The Morgan fingerprint density at radius 2 is 1.64 bits per heavy atom. The van der Waals surface area contributed by atoms with E-state index in [4.69, 9.17) is 9.47 Å². The van der Waals surface area contributed by atoms with Gasteiger partial charge in [0.05, 0.1) is 5.69 Å². The fraction of sp³-hybridized carbons (Fsp3) is 0.350. The molecule has 1 saturated heterocycles. The third kappa shape index (κ3) is 5.22. The second-order valence-electron chi connectivity index (χ2n) is 6.02. The number of ether oxygens (including phenoxy) is 2. The Morgan fingerprint density at radius 3 is 2.44 bits per heavy atom. The molecule has 2 N–H and O–H groups in total. The summed E-state index contributed by atoms with van der Waals surface area (Å²) in [5.74, 6) is 1.62. The summed E-state index contributed by atoms with van der Waals surface area (Å²) in [6.45, 7) is 2.65. The van der Waals surface area contributed by atoms with Gasteiger partial charge < -0.3 is 20.1 Å². The number of nitrogens with one attached hydrogen (secondary N) is 2. The van der Waals surface area contributed by atoms with E-state index in [1.165, 1.54) is 0 Å². The first-order chi connectivity index (χ1) is 12.3. The summed E-state index contributed by atoms with van der Waals surface area (Å²) < 4.78 is 11.4. The maximum absolute atomic E-state index is 12.4. The molecule has 0 aliphatic carbocycles. The topological polar surface area (TPSA) is 59.6 Å². The molecule has 0 saturated carbocycles. The third-order valence-electron chi connectivity index (χ3n) is 4.21. The van der Waals surface area contributed by atoms with Gasteiger partial charge in [-0.05, 0) is 50.2 Å². The van der Waals surface area contributed by atoms with Crippen LogP contribution in [0.1, 0.15) is 12.8 Å². The Balaban J connectivity index is 1.50. The molecule has 2 aromatic rings. The Labute approximate surface area is 148 Å². The summed E-state index contributed by atoms with van der Waals surface area (Å²) in [5.41, 5.74) is 0.714. The van der Waals surface area contributed by atoms with Crippen LogP contribution in [0.5, 0.6) is 11.5 Å². The monoisotopic (exact) mass is 340 g/mol. The van der Waals surface area contributed by atoms with E-state index < -0.39 is 0 Å². The van der Waals surface area contributed by atoms with Gasteiger partial charge in [-0.2, -0.15) is 0 Å². The van der Waals surface area contributed by atoms with Crippen LogP contribution < -0.4 is 20.1 Å². The Morgan fingerprint density at radius 1 is 0.960 bits per heavy atom. The zero-order valence-electron chi connectivity index (χ0n) is 14.2. The van der Waals surface area contributed by atoms with Crippen molar-refractivity contribution in [1.82, 2.24) is 5.32 Å². The standard InChI is InChI=1S/C20H24N2O3/c23-20(16-10-12-21-13-11-16)22-18-8-4-5-9-19(18)25-15-14-24-17-6-2-1-3-7-17/h1-9,16,21H,10-15H2,(H,22,23). The molecule has 3 rings (SSSR count). The van der Waals surface area contributed by atoms with Crippen molar-refractivity contribution in [2.45, 2.75) is 12.8 Å². The molecule has 25 heavy (non-hydrogen) atoms. The first-order valence-electron chi connectivity index (χ1n) is 8.74. The highest BCUT2D eigenvalue weighted by molar-refractivity contribution is 5.94. The van der Waals surface area contributed by atoms with E-state index >= 15 is 0 Å².